The Hall–Kier alpha value is -7.10. The van der Waals surface area contributed by atoms with Gasteiger partial charge in [-0.2, -0.15) is 0 Å². The third kappa shape index (κ3) is 5.68. The Morgan fingerprint density at radius 3 is 0.348 bits per heavy atom. The predicted octanol–water partition coefficient (Wildman–Crippen LogP) is 11.6. The standard InChI is InChI=1S/C40BF28/c42-13-1-5(21(50)37(66)33(13)62)17(46)29(58)25(54)9(1)41(10-2-6(18(47)30(59)26(10)55)22(51)38(67)34(63)14(2)43,11-3-7(19(48)31(60)27(11)56)23(52)39(68)35(64)15(3)44)12-4-8(20(49)32(61)28(12)57)24(53)40(69)36(65)16(4)45/q-1. The Morgan fingerprint density at radius 1 is 0.116 bits per heavy atom. The molecule has 0 bridgehead atoms. The van der Waals surface area contributed by atoms with Gasteiger partial charge in [0.05, 0.1) is 21.5 Å². The van der Waals surface area contributed by atoms with Crippen molar-refractivity contribution in [2.75, 3.05) is 0 Å². The molecule has 0 atom stereocenters. The lowest BCUT2D eigenvalue weighted by Crippen LogP contribution is -2.79. The minimum atomic E-state index is -8.05. The summed E-state index contributed by atoms with van der Waals surface area (Å²) in [6, 6.07) is 0. The van der Waals surface area contributed by atoms with E-state index in [1.807, 2.05) is 0 Å². The highest BCUT2D eigenvalue weighted by Crippen LogP contribution is 2.42. The van der Waals surface area contributed by atoms with E-state index < -0.39 is 234 Å². The van der Waals surface area contributed by atoms with Crippen LogP contribution < -0.4 is 21.9 Å². The molecule has 8 rings (SSSR count). The van der Waals surface area contributed by atoms with E-state index in [0.29, 0.717) is 0 Å². The topological polar surface area (TPSA) is 0 Å². The van der Waals surface area contributed by atoms with E-state index in [0.717, 1.165) is 0 Å². The summed E-state index contributed by atoms with van der Waals surface area (Å²) in [7, 11) is 0. The Morgan fingerprint density at radius 2 is 0.217 bits per heavy atom. The number of fused-ring (bicyclic) bond motifs is 4. The van der Waals surface area contributed by atoms with Crippen molar-refractivity contribution < 1.29 is 123 Å². The first kappa shape index (κ1) is 48.4. The molecule has 0 aliphatic rings. The zero-order valence-electron chi connectivity index (χ0n) is 31.2. The molecule has 0 heterocycles. The third-order valence-electron chi connectivity index (χ3n) is 11.2. The zero-order valence-corrected chi connectivity index (χ0v) is 31.2. The van der Waals surface area contributed by atoms with Gasteiger partial charge >= 0.3 is 0 Å². The SMILES string of the molecule is Fc1c(F)c(F)c2c([B-](c3c(F)c(F)c(F)c4c(F)c(F)c(F)c(F)c34)(c3c(F)c(F)c(F)c4c(F)c(F)c(F)c(F)c34)c3c(F)c(F)c(F)c4c(F)c(F)c(F)c(F)c34)c(F)c(F)c(F)c2c1F. The van der Waals surface area contributed by atoms with Gasteiger partial charge in [0.1, 0.15) is 29.4 Å². The Bertz CT molecular complexity index is 3250. The van der Waals surface area contributed by atoms with E-state index in [1.165, 1.54) is 0 Å². The summed E-state index contributed by atoms with van der Waals surface area (Å²) in [6.07, 6.45) is -8.05. The summed E-state index contributed by atoms with van der Waals surface area (Å²) in [4.78, 5) is 0. The van der Waals surface area contributed by atoms with Gasteiger partial charge < -0.3 is 0 Å². The fourth-order valence-corrected chi connectivity index (χ4v) is 8.59. The van der Waals surface area contributed by atoms with Crippen molar-refractivity contribution in [3.05, 3.63) is 163 Å². The van der Waals surface area contributed by atoms with Crippen LogP contribution in [0.25, 0.3) is 43.1 Å². The molecule has 69 heavy (non-hydrogen) atoms. The molecule has 0 amide bonds. The maximum atomic E-state index is 17.3. The van der Waals surface area contributed by atoms with Crippen molar-refractivity contribution >= 4 is 71.1 Å². The molecule has 0 spiro atoms. The second-order valence-corrected chi connectivity index (χ2v) is 14.3. The lowest BCUT2D eigenvalue weighted by atomic mass is 9.11. The minimum Gasteiger partial charge on any atom is -0.207 e. The van der Waals surface area contributed by atoms with Gasteiger partial charge in [-0.25, -0.2) is 123 Å². The zero-order chi connectivity index (χ0) is 51.6. The minimum absolute atomic E-state index is 3.27. The first-order chi connectivity index (χ1) is 32.0. The van der Waals surface area contributed by atoms with Crippen LogP contribution in [0.4, 0.5) is 123 Å². The number of hydrogen-bond donors (Lipinski definition) is 0. The number of rotatable bonds is 4. The van der Waals surface area contributed by atoms with Gasteiger partial charge in [-0.05, 0) is 21.5 Å². The summed E-state index contributed by atoms with van der Waals surface area (Å²) in [5.74, 6) is -104. The summed E-state index contributed by atoms with van der Waals surface area (Å²) in [5.41, 5.74) is -15.5. The average Bonchev–Trinajstić information content (AvgIpc) is 3.31. The molecule has 0 N–H and O–H groups in total. The number of hydrogen-bond acceptors (Lipinski definition) is 0. The summed E-state index contributed by atoms with van der Waals surface area (Å²) in [6.45, 7) is 0. The smallest absolute Gasteiger partial charge is 0.198 e. The molecule has 0 aromatic heterocycles. The first-order valence-corrected chi connectivity index (χ1v) is 17.4. The molecule has 0 saturated heterocycles. The van der Waals surface area contributed by atoms with Crippen molar-refractivity contribution in [1.29, 1.82) is 0 Å². The molecule has 0 saturated carbocycles. The fourth-order valence-electron chi connectivity index (χ4n) is 8.59. The van der Waals surface area contributed by atoms with Crippen molar-refractivity contribution in [2.45, 2.75) is 0 Å². The summed E-state index contributed by atoms with van der Waals surface area (Å²) < 4.78 is 446. The Balaban J connectivity index is 2.06. The number of halogens is 28. The molecule has 8 aromatic rings. The molecule has 0 fully saturated rings. The fraction of sp³-hybridized carbons (Fsp3) is 0. The normalized spacial score (nSPS) is 12.3. The Kier molecular flexibility index (Phi) is 10.8. The number of benzene rings is 8. The first-order valence-electron chi connectivity index (χ1n) is 17.4. The van der Waals surface area contributed by atoms with Crippen LogP contribution in [-0.2, 0) is 0 Å². The van der Waals surface area contributed by atoms with Gasteiger partial charge in [-0.15, -0.1) is 21.9 Å². The van der Waals surface area contributed by atoms with Gasteiger partial charge in [-0.1, -0.05) is 0 Å². The van der Waals surface area contributed by atoms with Gasteiger partial charge in [-0.3, -0.25) is 0 Å². The lowest BCUT2D eigenvalue weighted by molar-refractivity contribution is 0.410. The van der Waals surface area contributed by atoms with E-state index in [9.17, 15) is 17.6 Å². The van der Waals surface area contributed by atoms with Crippen LogP contribution in [0.3, 0.4) is 0 Å². The maximum absolute atomic E-state index is 17.3. The largest absolute Gasteiger partial charge is 0.207 e. The molecule has 29 heteroatoms. The van der Waals surface area contributed by atoms with Gasteiger partial charge in [0.2, 0.25) is 0 Å². The monoisotopic (exact) mass is 1020 g/mol. The van der Waals surface area contributed by atoms with Crippen molar-refractivity contribution in [3.63, 3.8) is 0 Å². The molecule has 0 unspecified atom stereocenters. The molecule has 8 aromatic carbocycles. The van der Waals surface area contributed by atoms with E-state index in [2.05, 4.69) is 0 Å². The highest BCUT2D eigenvalue weighted by Gasteiger charge is 2.52. The van der Waals surface area contributed by atoms with Gasteiger partial charge in [0.25, 0.3) is 0 Å². The second-order valence-electron chi connectivity index (χ2n) is 14.3. The van der Waals surface area contributed by atoms with Crippen LogP contribution in [0.1, 0.15) is 0 Å². The van der Waals surface area contributed by atoms with Crippen LogP contribution in [0.5, 0.6) is 0 Å². The van der Waals surface area contributed by atoms with E-state index in [4.69, 9.17) is 0 Å². The van der Waals surface area contributed by atoms with Crippen LogP contribution in [-0.4, -0.2) is 6.15 Å². The quantitative estimate of drug-likeness (QED) is 0.0713. The molecule has 0 radical (unpaired) electrons. The van der Waals surface area contributed by atoms with Crippen molar-refractivity contribution in [1.82, 2.24) is 0 Å². The summed E-state index contributed by atoms with van der Waals surface area (Å²) >= 11 is 0. The van der Waals surface area contributed by atoms with Crippen LogP contribution >= 0.6 is 0 Å². The molecular weight excluding hydrogens is 1020 g/mol. The molecule has 360 valence electrons. The highest BCUT2D eigenvalue weighted by molar-refractivity contribution is 7.23. The molecule has 0 aliphatic carbocycles. The van der Waals surface area contributed by atoms with Crippen molar-refractivity contribution in [3.8, 4) is 0 Å². The van der Waals surface area contributed by atoms with Crippen LogP contribution in [0, 0.1) is 163 Å². The predicted molar refractivity (Wildman–Crippen MR) is 179 cm³/mol. The van der Waals surface area contributed by atoms with E-state index in [-0.39, 0.29) is 0 Å². The summed E-state index contributed by atoms with van der Waals surface area (Å²) in [5, 5.41) is -27.0. The molecule has 0 nitrogen and oxygen atoms in total. The van der Waals surface area contributed by atoms with Gasteiger partial charge in [0.15, 0.2) is 140 Å². The maximum Gasteiger partial charge on any atom is 0.198 e. The Labute approximate surface area is 357 Å². The van der Waals surface area contributed by atoms with Gasteiger partial charge in [0, 0.05) is 0 Å². The molecular formula is C40BF28-. The van der Waals surface area contributed by atoms with Crippen molar-refractivity contribution in [2.24, 2.45) is 0 Å². The highest BCUT2D eigenvalue weighted by atomic mass is 19.2. The molecule has 0 aliphatic heterocycles. The van der Waals surface area contributed by atoms with E-state index in [1.54, 1.807) is 0 Å². The lowest BCUT2D eigenvalue weighted by Gasteiger charge is -2.47. The third-order valence-corrected chi connectivity index (χ3v) is 11.2. The van der Waals surface area contributed by atoms with Crippen LogP contribution in [0.2, 0.25) is 0 Å². The average molecular weight is 1020 g/mol. The van der Waals surface area contributed by atoms with Crippen LogP contribution in [0.15, 0.2) is 0 Å². The van der Waals surface area contributed by atoms with E-state index >= 15 is 105 Å². The second kappa shape index (κ2) is 15.5.